The van der Waals surface area contributed by atoms with E-state index < -0.39 is 18.0 Å². The Morgan fingerprint density at radius 2 is 2.19 bits per heavy atom. The number of azide groups is 1. The van der Waals surface area contributed by atoms with Crippen LogP contribution in [0.15, 0.2) is 17.8 Å². The zero-order chi connectivity index (χ0) is 15.9. The van der Waals surface area contributed by atoms with Crippen LogP contribution < -0.4 is 0 Å². The van der Waals surface area contributed by atoms with Crippen molar-refractivity contribution in [2.45, 2.75) is 32.3 Å². The van der Waals surface area contributed by atoms with Gasteiger partial charge in [-0.25, -0.2) is 4.79 Å². The van der Waals surface area contributed by atoms with Crippen LogP contribution in [0.5, 0.6) is 0 Å². The molecule has 1 atom stereocenters. The number of esters is 2. The molecule has 0 heterocycles. The minimum absolute atomic E-state index is 0.0252. The van der Waals surface area contributed by atoms with E-state index in [1.54, 1.807) is 0 Å². The summed E-state index contributed by atoms with van der Waals surface area (Å²) >= 11 is 0. The molecule has 0 aliphatic heterocycles. The highest BCUT2D eigenvalue weighted by atomic mass is 16.6. The predicted molar refractivity (Wildman–Crippen MR) is 75.4 cm³/mol. The predicted octanol–water partition coefficient (Wildman–Crippen LogP) is 2.14. The zero-order valence-electron chi connectivity index (χ0n) is 12.2. The lowest BCUT2D eigenvalue weighted by Gasteiger charge is -2.16. The molecule has 0 aliphatic rings. The van der Waals surface area contributed by atoms with Crippen molar-refractivity contribution in [3.05, 3.63) is 23.1 Å². The molecule has 8 heteroatoms. The molecule has 0 saturated heterocycles. The summed E-state index contributed by atoms with van der Waals surface area (Å²) in [6.45, 7) is 6.09. The van der Waals surface area contributed by atoms with Gasteiger partial charge in [-0.05, 0) is 18.4 Å². The van der Waals surface area contributed by atoms with Crippen molar-refractivity contribution in [1.29, 1.82) is 0 Å². The maximum Gasteiger partial charge on any atom is 0.330 e. The van der Waals surface area contributed by atoms with Crippen LogP contribution >= 0.6 is 0 Å². The molecule has 1 unspecified atom stereocenters. The van der Waals surface area contributed by atoms with Gasteiger partial charge in [0.05, 0.1) is 19.8 Å². The Kier molecular flexibility index (Phi) is 11.7. The fourth-order valence-electron chi connectivity index (χ4n) is 1.30. The van der Waals surface area contributed by atoms with Gasteiger partial charge in [0.15, 0.2) is 0 Å². The molecule has 0 amide bonds. The van der Waals surface area contributed by atoms with Gasteiger partial charge >= 0.3 is 11.9 Å². The smallest absolute Gasteiger partial charge is 0.330 e. The van der Waals surface area contributed by atoms with E-state index in [2.05, 4.69) is 16.6 Å². The number of nitrogens with zero attached hydrogens (tertiary/aromatic N) is 3. The molecule has 0 aromatic carbocycles. The minimum Gasteiger partial charge on any atom is -0.463 e. The quantitative estimate of drug-likeness (QED) is 0.137. The largest absolute Gasteiger partial charge is 0.463 e. The topological polar surface area (TPSA) is 111 Å². The van der Waals surface area contributed by atoms with Crippen LogP contribution in [-0.4, -0.2) is 44.4 Å². The third-order valence-electron chi connectivity index (χ3n) is 2.24. The Bertz CT molecular complexity index is 380. The van der Waals surface area contributed by atoms with Crippen molar-refractivity contribution < 1.29 is 23.8 Å². The van der Waals surface area contributed by atoms with E-state index in [4.69, 9.17) is 19.7 Å². The van der Waals surface area contributed by atoms with Gasteiger partial charge in [0.2, 0.25) is 0 Å². The van der Waals surface area contributed by atoms with E-state index >= 15 is 0 Å². The summed E-state index contributed by atoms with van der Waals surface area (Å²) in [5.41, 5.74) is 8.29. The average Bonchev–Trinajstić information content (AvgIpc) is 2.48. The van der Waals surface area contributed by atoms with Gasteiger partial charge in [0, 0.05) is 24.0 Å². The standard InChI is InChI=1S/C13H21N3O5/c1-3-7-19-10-11(9-15-16-14)21-13(18)6-5-8-20-12(17)4-2/h4,11H,2-3,5-10H2,1H3. The molecule has 0 rings (SSSR count). The lowest BCUT2D eigenvalue weighted by molar-refractivity contribution is -0.152. The van der Waals surface area contributed by atoms with E-state index in [9.17, 15) is 9.59 Å². The maximum atomic E-state index is 11.6. The van der Waals surface area contributed by atoms with E-state index in [0.29, 0.717) is 13.0 Å². The fourth-order valence-corrected chi connectivity index (χ4v) is 1.30. The van der Waals surface area contributed by atoms with Gasteiger partial charge in [-0.15, -0.1) is 0 Å². The Labute approximate surface area is 123 Å². The van der Waals surface area contributed by atoms with Crippen LogP contribution in [0.3, 0.4) is 0 Å². The van der Waals surface area contributed by atoms with Crippen LogP contribution in [0.1, 0.15) is 26.2 Å². The lowest BCUT2D eigenvalue weighted by Crippen LogP contribution is -2.26. The highest BCUT2D eigenvalue weighted by Crippen LogP contribution is 2.02. The molecule has 0 spiro atoms. The first-order valence-electron chi connectivity index (χ1n) is 6.71. The minimum atomic E-state index is -0.601. The van der Waals surface area contributed by atoms with E-state index in [-0.39, 0.29) is 26.2 Å². The second kappa shape index (κ2) is 13.0. The molecule has 0 aliphatic carbocycles. The van der Waals surface area contributed by atoms with Gasteiger partial charge in [-0.2, -0.15) is 0 Å². The Balaban J connectivity index is 3.98. The van der Waals surface area contributed by atoms with Crippen molar-refractivity contribution >= 4 is 11.9 Å². The third-order valence-corrected chi connectivity index (χ3v) is 2.24. The van der Waals surface area contributed by atoms with Crippen LogP contribution in [0.4, 0.5) is 0 Å². The number of rotatable bonds is 12. The molecule has 0 N–H and O–H groups in total. The fraction of sp³-hybridized carbons (Fsp3) is 0.692. The molecule has 0 aromatic heterocycles. The monoisotopic (exact) mass is 299 g/mol. The Hall–Kier alpha value is -2.05. The Morgan fingerprint density at radius 3 is 2.81 bits per heavy atom. The average molecular weight is 299 g/mol. The van der Waals surface area contributed by atoms with Gasteiger partial charge in [0.1, 0.15) is 6.10 Å². The molecule has 21 heavy (non-hydrogen) atoms. The summed E-state index contributed by atoms with van der Waals surface area (Å²) in [5.74, 6) is -0.986. The first-order chi connectivity index (χ1) is 10.1. The van der Waals surface area contributed by atoms with Crippen LogP contribution in [0.2, 0.25) is 0 Å². The summed E-state index contributed by atoms with van der Waals surface area (Å²) in [4.78, 5) is 25.0. The van der Waals surface area contributed by atoms with Crippen molar-refractivity contribution in [1.82, 2.24) is 0 Å². The third kappa shape index (κ3) is 11.5. The van der Waals surface area contributed by atoms with Gasteiger partial charge in [-0.1, -0.05) is 18.6 Å². The van der Waals surface area contributed by atoms with Gasteiger partial charge in [0.25, 0.3) is 0 Å². The van der Waals surface area contributed by atoms with E-state index in [1.807, 2.05) is 6.92 Å². The molecule has 0 bridgehead atoms. The van der Waals surface area contributed by atoms with E-state index in [1.165, 1.54) is 0 Å². The molecule has 0 saturated carbocycles. The SMILES string of the molecule is C=CC(=O)OCCCC(=O)OC(CN=[N+]=[N-])COCCC. The number of carbonyl (C=O) groups is 2. The molecule has 8 nitrogen and oxygen atoms in total. The normalized spacial score (nSPS) is 11.1. The summed E-state index contributed by atoms with van der Waals surface area (Å²) in [6, 6.07) is 0. The molecular weight excluding hydrogens is 278 g/mol. The Morgan fingerprint density at radius 1 is 1.43 bits per heavy atom. The molecule has 0 fully saturated rings. The van der Waals surface area contributed by atoms with Gasteiger partial charge in [-0.3, -0.25) is 4.79 Å². The first kappa shape index (κ1) is 18.9. The second-order valence-electron chi connectivity index (χ2n) is 4.08. The number of hydrogen-bond acceptors (Lipinski definition) is 6. The highest BCUT2D eigenvalue weighted by molar-refractivity contribution is 5.81. The molecular formula is C13H21N3O5. The summed E-state index contributed by atoms with van der Waals surface area (Å²) in [5, 5.41) is 3.38. The van der Waals surface area contributed by atoms with Crippen molar-refractivity contribution in [2.24, 2.45) is 5.11 Å². The van der Waals surface area contributed by atoms with Crippen molar-refractivity contribution in [2.75, 3.05) is 26.4 Å². The van der Waals surface area contributed by atoms with Crippen LogP contribution in [0.25, 0.3) is 10.4 Å². The zero-order valence-corrected chi connectivity index (χ0v) is 12.2. The number of hydrogen-bond donors (Lipinski definition) is 0. The second-order valence-corrected chi connectivity index (χ2v) is 4.08. The maximum absolute atomic E-state index is 11.6. The van der Waals surface area contributed by atoms with Crippen molar-refractivity contribution in [3.8, 4) is 0 Å². The van der Waals surface area contributed by atoms with Crippen LogP contribution in [-0.2, 0) is 23.8 Å². The number of carbonyl (C=O) groups excluding carboxylic acids is 2. The summed E-state index contributed by atoms with van der Waals surface area (Å²) in [7, 11) is 0. The highest BCUT2D eigenvalue weighted by Gasteiger charge is 2.14. The molecule has 118 valence electrons. The van der Waals surface area contributed by atoms with E-state index in [0.717, 1.165) is 12.5 Å². The summed E-state index contributed by atoms with van der Waals surface area (Å²) in [6.07, 6.45) is 1.75. The van der Waals surface area contributed by atoms with Crippen LogP contribution in [0, 0.1) is 0 Å². The van der Waals surface area contributed by atoms with Crippen molar-refractivity contribution in [3.63, 3.8) is 0 Å². The molecule has 0 aromatic rings. The molecule has 0 radical (unpaired) electrons. The number of ether oxygens (including phenoxy) is 3. The summed E-state index contributed by atoms with van der Waals surface area (Å²) < 4.78 is 15.2. The lowest BCUT2D eigenvalue weighted by atomic mass is 10.3. The van der Waals surface area contributed by atoms with Gasteiger partial charge < -0.3 is 14.2 Å². The first-order valence-corrected chi connectivity index (χ1v) is 6.71.